The Bertz CT molecular complexity index is 212. The van der Waals surface area contributed by atoms with Crippen LogP contribution in [0.25, 0.3) is 0 Å². The summed E-state index contributed by atoms with van der Waals surface area (Å²) in [7, 11) is -2.49. The first kappa shape index (κ1) is 22.0. The van der Waals surface area contributed by atoms with Crippen molar-refractivity contribution in [2.75, 3.05) is 39.5 Å². The summed E-state index contributed by atoms with van der Waals surface area (Å²) in [5.74, 6) is 0. The maximum absolute atomic E-state index is 6.08. The van der Waals surface area contributed by atoms with Crippen LogP contribution in [-0.2, 0) is 13.3 Å². The Balaban J connectivity index is 4.21. The molecule has 0 radical (unpaired) electrons. The van der Waals surface area contributed by atoms with Crippen LogP contribution in [0.2, 0.25) is 6.04 Å². The summed E-state index contributed by atoms with van der Waals surface area (Å²) in [6.07, 6.45) is 6.26. The molecule has 6 heteroatoms. The number of nitrogens with one attached hydrogen (secondary N) is 1. The highest BCUT2D eigenvalue weighted by atomic mass is 28.4. The Morgan fingerprint density at radius 3 is 1.73 bits per heavy atom. The summed E-state index contributed by atoms with van der Waals surface area (Å²) in [6, 6.07) is 0.900. The van der Waals surface area contributed by atoms with E-state index in [0.717, 1.165) is 84.0 Å². The maximum atomic E-state index is 6.08. The molecule has 0 heterocycles. The van der Waals surface area contributed by atoms with Crippen molar-refractivity contribution in [2.45, 2.75) is 65.3 Å². The molecule has 0 unspecified atom stereocenters. The quantitative estimate of drug-likeness (QED) is 0.316. The molecule has 0 aromatic carbocycles. The number of unbranched alkanes of at least 4 members (excludes halogenated alkanes) is 1. The summed E-state index contributed by atoms with van der Waals surface area (Å²) in [5, 5.41) is 3.46. The minimum Gasteiger partial charge on any atom is -0.373 e. The monoisotopic (exact) mass is 334 g/mol. The molecular weight excluding hydrogens is 296 g/mol. The molecule has 0 saturated heterocycles. The van der Waals surface area contributed by atoms with E-state index in [1.54, 1.807) is 0 Å². The Morgan fingerprint density at radius 2 is 1.27 bits per heavy atom. The van der Waals surface area contributed by atoms with Gasteiger partial charge in [-0.3, -0.25) is 0 Å². The third kappa shape index (κ3) is 11.6. The van der Waals surface area contributed by atoms with Crippen molar-refractivity contribution in [2.24, 2.45) is 5.73 Å². The van der Waals surface area contributed by atoms with Gasteiger partial charge in [-0.2, -0.15) is 0 Å². The Labute approximate surface area is 138 Å². The van der Waals surface area contributed by atoms with Crippen molar-refractivity contribution >= 4 is 8.80 Å². The van der Waals surface area contributed by atoms with Crippen LogP contribution in [0.15, 0.2) is 0 Å². The van der Waals surface area contributed by atoms with Crippen molar-refractivity contribution in [1.82, 2.24) is 5.32 Å². The summed E-state index contributed by atoms with van der Waals surface area (Å²) < 4.78 is 18.2. The maximum Gasteiger partial charge on any atom is 0.501 e. The van der Waals surface area contributed by atoms with Gasteiger partial charge in [-0.25, -0.2) is 0 Å². The largest absolute Gasteiger partial charge is 0.501 e. The first-order valence-corrected chi connectivity index (χ1v) is 11.0. The van der Waals surface area contributed by atoms with Gasteiger partial charge in [-0.1, -0.05) is 20.8 Å². The highest BCUT2D eigenvalue weighted by Gasteiger charge is 2.40. The van der Waals surface area contributed by atoms with Gasteiger partial charge in [0.2, 0.25) is 0 Å². The molecule has 134 valence electrons. The van der Waals surface area contributed by atoms with Crippen LogP contribution >= 0.6 is 0 Å². The van der Waals surface area contributed by atoms with E-state index in [0.29, 0.717) is 0 Å². The van der Waals surface area contributed by atoms with Crippen LogP contribution in [0.3, 0.4) is 0 Å². The lowest BCUT2D eigenvalue weighted by Crippen LogP contribution is -2.47. The number of hydrogen-bond donors (Lipinski definition) is 2. The Hall–Kier alpha value is 0.0169. The molecule has 3 N–H and O–H groups in total. The fourth-order valence-corrected chi connectivity index (χ4v) is 4.90. The summed E-state index contributed by atoms with van der Waals surface area (Å²) >= 11 is 0. The van der Waals surface area contributed by atoms with Crippen LogP contribution in [0, 0.1) is 0 Å². The second-order valence-electron chi connectivity index (χ2n) is 5.58. The van der Waals surface area contributed by atoms with Gasteiger partial charge < -0.3 is 24.3 Å². The van der Waals surface area contributed by atoms with Crippen molar-refractivity contribution in [3.05, 3.63) is 0 Å². The first-order valence-electron chi connectivity index (χ1n) is 9.07. The molecule has 0 aromatic heterocycles. The third-order valence-corrected chi connectivity index (χ3v) is 6.12. The van der Waals surface area contributed by atoms with Crippen molar-refractivity contribution in [1.29, 1.82) is 0 Å². The van der Waals surface area contributed by atoms with Gasteiger partial charge in [-0.05, 0) is 58.2 Å². The van der Waals surface area contributed by atoms with E-state index in [-0.39, 0.29) is 0 Å². The van der Waals surface area contributed by atoms with Crippen molar-refractivity contribution in [3.8, 4) is 0 Å². The zero-order valence-electron chi connectivity index (χ0n) is 15.0. The Kier molecular flexibility index (Phi) is 15.9. The summed E-state index contributed by atoms with van der Waals surface area (Å²) in [6.45, 7) is 11.3. The van der Waals surface area contributed by atoms with Crippen LogP contribution in [0.4, 0.5) is 0 Å². The lowest BCUT2D eigenvalue weighted by Gasteiger charge is -2.29. The molecule has 0 aliphatic rings. The molecule has 0 spiro atoms. The fourth-order valence-electron chi connectivity index (χ4n) is 2.06. The highest BCUT2D eigenvalue weighted by molar-refractivity contribution is 6.60. The number of hydrogen-bond acceptors (Lipinski definition) is 5. The number of nitrogens with two attached hydrogens (primary N) is 1. The highest BCUT2D eigenvalue weighted by Crippen LogP contribution is 2.19. The molecule has 0 atom stereocenters. The molecule has 0 rings (SSSR count). The van der Waals surface area contributed by atoms with E-state index in [1.807, 2.05) is 0 Å². The van der Waals surface area contributed by atoms with Gasteiger partial charge >= 0.3 is 8.80 Å². The second kappa shape index (κ2) is 15.9. The zero-order valence-corrected chi connectivity index (χ0v) is 16.0. The van der Waals surface area contributed by atoms with Gasteiger partial charge in [0.1, 0.15) is 0 Å². The van der Waals surface area contributed by atoms with Gasteiger partial charge in [-0.15, -0.1) is 0 Å². The summed E-state index contributed by atoms with van der Waals surface area (Å²) in [4.78, 5) is 0. The molecule has 0 aromatic rings. The van der Waals surface area contributed by atoms with Crippen molar-refractivity contribution in [3.63, 3.8) is 0 Å². The second-order valence-corrected chi connectivity index (χ2v) is 8.31. The van der Waals surface area contributed by atoms with E-state index in [2.05, 4.69) is 26.1 Å². The predicted molar refractivity (Wildman–Crippen MR) is 95.1 cm³/mol. The molecule has 0 aliphatic heterocycles. The normalized spacial score (nSPS) is 12.0. The molecule has 0 aliphatic carbocycles. The molecule has 0 bridgehead atoms. The van der Waals surface area contributed by atoms with Crippen molar-refractivity contribution < 1.29 is 13.3 Å². The first-order chi connectivity index (χ1) is 10.7. The van der Waals surface area contributed by atoms with E-state index in [4.69, 9.17) is 19.0 Å². The lowest BCUT2D eigenvalue weighted by atomic mass is 10.3. The van der Waals surface area contributed by atoms with Crippen LogP contribution in [0.5, 0.6) is 0 Å². The molecule has 0 fully saturated rings. The average molecular weight is 335 g/mol. The van der Waals surface area contributed by atoms with E-state index in [9.17, 15) is 0 Å². The van der Waals surface area contributed by atoms with Gasteiger partial charge in [0.15, 0.2) is 0 Å². The smallest absolute Gasteiger partial charge is 0.373 e. The van der Waals surface area contributed by atoms with E-state index >= 15 is 0 Å². The molecular formula is C16H38N2O3Si. The minimum absolute atomic E-state index is 0.726. The molecule has 22 heavy (non-hydrogen) atoms. The SMILES string of the molecule is CCCO[Si](CCCNCCCCN)(OCCC)OCCC. The molecule has 5 nitrogen and oxygen atoms in total. The third-order valence-electron chi connectivity index (χ3n) is 3.22. The standard InChI is InChI=1S/C16H38N2O3Si/c1-4-13-19-22(20-14-5-2,21-15-6-3)16-9-12-18-11-8-7-10-17/h18H,4-17H2,1-3H3. The minimum atomic E-state index is -2.49. The van der Waals surface area contributed by atoms with Gasteiger partial charge in [0, 0.05) is 25.9 Å². The zero-order chi connectivity index (χ0) is 16.5. The van der Waals surface area contributed by atoms with Crippen LogP contribution in [-0.4, -0.2) is 48.3 Å². The lowest BCUT2D eigenvalue weighted by molar-refractivity contribution is 0.0588. The van der Waals surface area contributed by atoms with E-state index < -0.39 is 8.80 Å². The summed E-state index contributed by atoms with van der Waals surface area (Å²) in [5.41, 5.74) is 5.49. The predicted octanol–water partition coefficient (Wildman–Crippen LogP) is 2.92. The molecule has 0 saturated carbocycles. The Morgan fingerprint density at radius 1 is 0.773 bits per heavy atom. The van der Waals surface area contributed by atoms with Gasteiger partial charge in [0.25, 0.3) is 0 Å². The fraction of sp³-hybridized carbons (Fsp3) is 1.00. The van der Waals surface area contributed by atoms with Crippen LogP contribution in [0.1, 0.15) is 59.3 Å². The van der Waals surface area contributed by atoms with Gasteiger partial charge in [0.05, 0.1) is 0 Å². The molecule has 0 amide bonds. The topological polar surface area (TPSA) is 65.7 Å². The van der Waals surface area contributed by atoms with E-state index in [1.165, 1.54) is 0 Å². The van der Waals surface area contributed by atoms with Crippen LogP contribution < -0.4 is 11.1 Å². The average Bonchev–Trinajstić information content (AvgIpc) is 2.55. The number of rotatable bonds is 17.